The fourth-order valence-electron chi connectivity index (χ4n) is 0.250. The minimum atomic E-state index is 0. The maximum Gasteiger partial charge on any atom is 0 e. The van der Waals surface area contributed by atoms with Crippen molar-refractivity contribution >= 4 is 15.8 Å². The van der Waals surface area contributed by atoms with Gasteiger partial charge in [0.15, 0.2) is 0 Å². The van der Waals surface area contributed by atoms with Crippen molar-refractivity contribution in [3.8, 4) is 0 Å². The molecule has 0 aliphatic carbocycles. The minimum Gasteiger partial charge on any atom is 0 e. The van der Waals surface area contributed by atoms with Gasteiger partial charge in [-0.1, -0.05) is 0 Å². The van der Waals surface area contributed by atoms with Gasteiger partial charge in [0, 0.05) is 1.43 Å². The van der Waals surface area contributed by atoms with Gasteiger partial charge in [0.1, 0.15) is 0 Å². The quantitative estimate of drug-likeness (QED) is 0.505. The summed E-state index contributed by atoms with van der Waals surface area (Å²) in [6, 6.07) is 0. The number of hydrogen-bond acceptors (Lipinski definition) is 0. The van der Waals surface area contributed by atoms with E-state index in [0.717, 1.165) is 0 Å². The van der Waals surface area contributed by atoms with Crippen LogP contribution < -0.4 is 0 Å². The van der Waals surface area contributed by atoms with E-state index in [4.69, 9.17) is 0 Å². The molecule has 0 fully saturated rings. The van der Waals surface area contributed by atoms with Crippen LogP contribution in [0.15, 0.2) is 0 Å². The van der Waals surface area contributed by atoms with Gasteiger partial charge < -0.3 is 0 Å². The molecule has 0 aromatic carbocycles. The Bertz CT molecular complexity index is 15.0. The molecule has 0 aliphatic heterocycles. The van der Waals surface area contributed by atoms with Gasteiger partial charge in [-0.2, -0.15) is 0 Å². The first kappa shape index (κ1) is 5.56. The summed E-state index contributed by atoms with van der Waals surface area (Å²) >= 11 is 0.528. The molecular weight excluding hydrogens is 123 g/mol. The summed E-state index contributed by atoms with van der Waals surface area (Å²) in [5.74, 6) is 0. The van der Waals surface area contributed by atoms with Crippen molar-refractivity contribution in [2.45, 2.75) is 24.3 Å². The van der Waals surface area contributed by atoms with E-state index in [0.29, 0.717) is 15.8 Å². The molecule has 0 aliphatic rings. The maximum atomic E-state index is 2.27. The first-order valence-corrected chi connectivity index (χ1v) is 5.09. The molecular formula is C4H13As. The van der Waals surface area contributed by atoms with Crippen molar-refractivity contribution in [3.63, 3.8) is 0 Å². The summed E-state index contributed by atoms with van der Waals surface area (Å²) < 4.78 is 0. The van der Waals surface area contributed by atoms with E-state index in [2.05, 4.69) is 13.8 Å². The first-order chi connectivity index (χ1) is 2.41. The van der Waals surface area contributed by atoms with Crippen LogP contribution in [0, 0.1) is 0 Å². The van der Waals surface area contributed by atoms with Crippen LogP contribution in [-0.4, -0.2) is 15.8 Å². The topological polar surface area (TPSA) is 0 Å². The molecule has 0 bridgehead atoms. The van der Waals surface area contributed by atoms with Crippen molar-refractivity contribution in [3.05, 3.63) is 0 Å². The van der Waals surface area contributed by atoms with Crippen LogP contribution in [0.3, 0.4) is 0 Å². The minimum absolute atomic E-state index is 0. The summed E-state index contributed by atoms with van der Waals surface area (Å²) in [6.07, 6.45) is 0. The zero-order chi connectivity index (χ0) is 4.12. The zero-order valence-corrected chi connectivity index (χ0v) is 6.01. The predicted octanol–water partition coefficient (Wildman–Crippen LogP) is 1.55. The molecule has 0 unspecified atom stereocenters. The second-order valence-corrected chi connectivity index (χ2v) is 4.97. The average molecular weight is 136 g/mol. The number of hydrogen-bond donors (Lipinski definition) is 0. The van der Waals surface area contributed by atoms with Crippen LogP contribution in [0.25, 0.3) is 0 Å². The van der Waals surface area contributed by atoms with E-state index in [-0.39, 0.29) is 1.43 Å². The van der Waals surface area contributed by atoms with Gasteiger partial charge in [0.25, 0.3) is 0 Å². The standard InChI is InChI=1S/C4H11As.H2/c1-3-5-4-2;/h5H,3-4H2,1-2H3;1H. The molecule has 0 amide bonds. The molecule has 5 heavy (non-hydrogen) atoms. The van der Waals surface area contributed by atoms with Crippen molar-refractivity contribution < 1.29 is 1.43 Å². The Labute approximate surface area is 42.1 Å². The average Bonchev–Trinajstić information content (AvgIpc) is 1.41. The van der Waals surface area contributed by atoms with E-state index in [9.17, 15) is 0 Å². The summed E-state index contributed by atoms with van der Waals surface area (Å²) in [5.41, 5.74) is 0. The second kappa shape index (κ2) is 4.56. The molecule has 0 aromatic rings. The van der Waals surface area contributed by atoms with Crippen LogP contribution in [0.5, 0.6) is 0 Å². The smallest absolute Gasteiger partial charge is 0 e. The first-order valence-electron chi connectivity index (χ1n) is 2.12. The molecule has 0 rings (SSSR count). The van der Waals surface area contributed by atoms with Gasteiger partial charge >= 0.3 is 40.0 Å². The molecule has 1 heteroatoms. The Morgan fingerprint density at radius 3 is 1.80 bits per heavy atom. The van der Waals surface area contributed by atoms with Gasteiger partial charge in [0.2, 0.25) is 0 Å². The molecule has 0 heterocycles. The van der Waals surface area contributed by atoms with Crippen LogP contribution in [0.4, 0.5) is 0 Å². The number of rotatable bonds is 2. The fourth-order valence-corrected chi connectivity index (χ4v) is 1.30. The van der Waals surface area contributed by atoms with Gasteiger partial charge in [-0.25, -0.2) is 0 Å². The third-order valence-electron chi connectivity index (χ3n) is 0.500. The van der Waals surface area contributed by atoms with Crippen LogP contribution in [0.1, 0.15) is 15.3 Å². The van der Waals surface area contributed by atoms with E-state index in [1.54, 1.807) is 0 Å². The molecule has 0 aromatic heterocycles. The van der Waals surface area contributed by atoms with Crippen molar-refractivity contribution in [2.24, 2.45) is 0 Å². The molecule has 34 valence electrons. The maximum absolute atomic E-state index is 2.27. The normalized spacial score (nSPS) is 8.40. The monoisotopic (exact) mass is 136 g/mol. The summed E-state index contributed by atoms with van der Waals surface area (Å²) in [6.45, 7) is 4.53. The van der Waals surface area contributed by atoms with Gasteiger partial charge in [0.05, 0.1) is 0 Å². The van der Waals surface area contributed by atoms with Crippen molar-refractivity contribution in [1.82, 2.24) is 0 Å². The van der Waals surface area contributed by atoms with E-state index in [1.165, 1.54) is 10.4 Å². The Hall–Kier alpha value is 0.558. The third-order valence-corrected chi connectivity index (χ3v) is 2.60. The predicted molar refractivity (Wildman–Crippen MR) is 30.2 cm³/mol. The molecule has 0 nitrogen and oxygen atoms in total. The molecule has 0 saturated heterocycles. The van der Waals surface area contributed by atoms with Gasteiger partial charge in [-0.3, -0.25) is 0 Å². The summed E-state index contributed by atoms with van der Waals surface area (Å²) in [7, 11) is 0. The molecule has 0 atom stereocenters. The summed E-state index contributed by atoms with van der Waals surface area (Å²) in [5, 5.41) is 2.94. The SMILES string of the molecule is CC[AsH]CC.[HH]. The van der Waals surface area contributed by atoms with Crippen molar-refractivity contribution in [1.29, 1.82) is 0 Å². The van der Waals surface area contributed by atoms with Crippen molar-refractivity contribution in [2.75, 3.05) is 0 Å². The Morgan fingerprint density at radius 2 is 1.80 bits per heavy atom. The Kier molecular flexibility index (Phi) is 5.07. The molecule has 0 saturated carbocycles. The molecule has 0 spiro atoms. The van der Waals surface area contributed by atoms with E-state index >= 15 is 0 Å². The fraction of sp³-hybridized carbons (Fsp3) is 1.00. The van der Waals surface area contributed by atoms with Crippen LogP contribution in [-0.2, 0) is 0 Å². The van der Waals surface area contributed by atoms with Crippen LogP contribution >= 0.6 is 0 Å². The van der Waals surface area contributed by atoms with Crippen LogP contribution in [0.2, 0.25) is 10.4 Å². The third kappa shape index (κ3) is 4.56. The molecule has 0 N–H and O–H groups in total. The van der Waals surface area contributed by atoms with Gasteiger partial charge in [-0.15, -0.1) is 0 Å². The van der Waals surface area contributed by atoms with E-state index < -0.39 is 0 Å². The summed E-state index contributed by atoms with van der Waals surface area (Å²) in [4.78, 5) is 0. The van der Waals surface area contributed by atoms with Gasteiger partial charge in [-0.05, 0) is 0 Å². The Morgan fingerprint density at radius 1 is 1.40 bits per heavy atom. The second-order valence-electron chi connectivity index (χ2n) is 0.957. The largest absolute Gasteiger partial charge is 0 e. The Balaban J connectivity index is 0. The zero-order valence-electron chi connectivity index (χ0n) is 3.91. The van der Waals surface area contributed by atoms with E-state index in [1.807, 2.05) is 0 Å². The molecule has 0 radical (unpaired) electrons.